The third-order valence-electron chi connectivity index (χ3n) is 6.09. The van der Waals surface area contributed by atoms with Gasteiger partial charge in [-0.1, -0.05) is 32.9 Å². The third kappa shape index (κ3) is 3.53. The van der Waals surface area contributed by atoms with E-state index in [0.29, 0.717) is 23.5 Å². The molecule has 4 rings (SSSR count). The van der Waals surface area contributed by atoms with Crippen LogP contribution in [0.15, 0.2) is 41.2 Å². The number of para-hydroxylation sites is 1. The molecule has 5 nitrogen and oxygen atoms in total. The second-order valence-electron chi connectivity index (χ2n) is 9.36. The molecule has 2 atom stereocenters. The number of benzene rings is 1. The lowest BCUT2D eigenvalue weighted by molar-refractivity contribution is 0.119. The number of hydrogen-bond acceptors (Lipinski definition) is 4. The van der Waals surface area contributed by atoms with E-state index in [1.165, 1.54) is 19.3 Å². The molecule has 1 aromatic heterocycles. The molecule has 0 unspecified atom stereocenters. The predicted octanol–water partition coefficient (Wildman–Crippen LogP) is 3.78. The number of hydrogen-bond donors (Lipinski definition) is 0. The van der Waals surface area contributed by atoms with Gasteiger partial charge < -0.3 is 4.74 Å². The van der Waals surface area contributed by atoms with Gasteiger partial charge in [0.25, 0.3) is 5.56 Å². The van der Waals surface area contributed by atoms with E-state index in [2.05, 4.69) is 30.8 Å². The largest absolute Gasteiger partial charge is 0.496 e. The molecule has 144 valence electrons. The van der Waals surface area contributed by atoms with E-state index in [1.54, 1.807) is 23.9 Å². The van der Waals surface area contributed by atoms with Crippen LogP contribution in [0, 0.1) is 10.8 Å². The van der Waals surface area contributed by atoms with E-state index in [-0.39, 0.29) is 5.56 Å². The van der Waals surface area contributed by atoms with Crippen LogP contribution in [0.25, 0.3) is 11.3 Å². The smallest absolute Gasteiger partial charge is 0.268 e. The number of ether oxygens (including phenoxy) is 1. The molecule has 1 saturated heterocycles. The number of aromatic nitrogens is 2. The lowest BCUT2D eigenvalue weighted by Crippen LogP contribution is -2.38. The highest BCUT2D eigenvalue weighted by atomic mass is 16.5. The van der Waals surface area contributed by atoms with Gasteiger partial charge in [0.2, 0.25) is 0 Å². The standard InChI is InChI=1S/C22H29N3O2/c1-21(2)11-16-12-22(3,13-21)14-24(16)15-25-20(26)10-9-18(23-25)17-7-5-6-8-19(17)27-4/h5-10,16H,11-15H2,1-4H3/t16-,22+/m1/s1. The molecule has 2 fully saturated rings. The molecule has 0 radical (unpaired) electrons. The number of likely N-dealkylation sites (tertiary alicyclic amines) is 1. The van der Waals surface area contributed by atoms with Gasteiger partial charge in [-0.05, 0) is 48.3 Å². The zero-order valence-corrected chi connectivity index (χ0v) is 16.7. The van der Waals surface area contributed by atoms with E-state index in [1.807, 2.05) is 24.3 Å². The van der Waals surface area contributed by atoms with Crippen LogP contribution in [0.2, 0.25) is 0 Å². The molecular weight excluding hydrogens is 338 g/mol. The molecular formula is C22H29N3O2. The van der Waals surface area contributed by atoms with Gasteiger partial charge in [0, 0.05) is 24.2 Å². The zero-order chi connectivity index (χ0) is 19.2. The van der Waals surface area contributed by atoms with E-state index < -0.39 is 0 Å². The maximum absolute atomic E-state index is 12.5. The van der Waals surface area contributed by atoms with Crippen molar-refractivity contribution >= 4 is 0 Å². The first kappa shape index (κ1) is 18.2. The fourth-order valence-electron chi connectivity index (χ4n) is 5.46. The molecule has 27 heavy (non-hydrogen) atoms. The molecule has 1 saturated carbocycles. The summed E-state index contributed by atoms with van der Waals surface area (Å²) >= 11 is 0. The normalized spacial score (nSPS) is 26.9. The summed E-state index contributed by atoms with van der Waals surface area (Å²) in [7, 11) is 1.65. The average Bonchev–Trinajstić information content (AvgIpc) is 2.85. The van der Waals surface area contributed by atoms with Crippen molar-refractivity contribution in [2.45, 2.75) is 52.7 Å². The van der Waals surface area contributed by atoms with Gasteiger partial charge in [0.1, 0.15) is 5.75 Å². The minimum atomic E-state index is -0.0560. The number of nitrogens with zero attached hydrogens (tertiary/aromatic N) is 3. The Hall–Kier alpha value is -2.14. The van der Waals surface area contributed by atoms with Gasteiger partial charge in [-0.15, -0.1) is 0 Å². The van der Waals surface area contributed by atoms with Crippen LogP contribution in [0.1, 0.15) is 40.0 Å². The molecule has 2 aliphatic rings. The number of fused-ring (bicyclic) bond motifs is 2. The summed E-state index contributed by atoms with van der Waals surface area (Å²) < 4.78 is 7.07. The minimum Gasteiger partial charge on any atom is -0.496 e. The van der Waals surface area contributed by atoms with Crippen LogP contribution in [0.4, 0.5) is 0 Å². The number of rotatable bonds is 4. The lowest BCUT2D eigenvalue weighted by Gasteiger charge is -2.39. The first-order valence-electron chi connectivity index (χ1n) is 9.74. The summed E-state index contributed by atoms with van der Waals surface area (Å²) in [6.07, 6.45) is 3.65. The Morgan fingerprint density at radius 3 is 2.70 bits per heavy atom. The summed E-state index contributed by atoms with van der Waals surface area (Å²) in [5.74, 6) is 0.765. The Kier molecular flexibility index (Phi) is 4.38. The maximum Gasteiger partial charge on any atom is 0.268 e. The number of methoxy groups -OCH3 is 1. The Morgan fingerprint density at radius 2 is 1.93 bits per heavy atom. The molecule has 1 aliphatic heterocycles. The first-order chi connectivity index (χ1) is 12.8. The monoisotopic (exact) mass is 367 g/mol. The molecule has 5 heteroatoms. The molecule has 2 aromatic rings. The van der Waals surface area contributed by atoms with Crippen molar-refractivity contribution in [3.63, 3.8) is 0 Å². The molecule has 0 spiro atoms. The molecule has 2 bridgehead atoms. The van der Waals surface area contributed by atoms with Gasteiger partial charge in [0.15, 0.2) is 0 Å². The fraction of sp³-hybridized carbons (Fsp3) is 0.545. The van der Waals surface area contributed by atoms with Crippen LogP contribution in [-0.2, 0) is 6.67 Å². The SMILES string of the molecule is COc1ccccc1-c1ccc(=O)n(CN2C[C@@]3(C)C[C@H]2CC(C)(C)C3)n1. The Labute approximate surface area is 161 Å². The van der Waals surface area contributed by atoms with Crippen LogP contribution in [0.3, 0.4) is 0 Å². The van der Waals surface area contributed by atoms with Crippen molar-refractivity contribution in [3.05, 3.63) is 46.8 Å². The van der Waals surface area contributed by atoms with Crippen molar-refractivity contribution in [3.8, 4) is 17.0 Å². The summed E-state index contributed by atoms with van der Waals surface area (Å²) in [6.45, 7) is 8.72. The van der Waals surface area contributed by atoms with Gasteiger partial charge in [-0.2, -0.15) is 5.10 Å². The lowest BCUT2D eigenvalue weighted by atomic mass is 9.65. The van der Waals surface area contributed by atoms with Crippen molar-refractivity contribution in [1.82, 2.24) is 14.7 Å². The van der Waals surface area contributed by atoms with E-state index >= 15 is 0 Å². The minimum absolute atomic E-state index is 0.0560. The topological polar surface area (TPSA) is 47.4 Å². The van der Waals surface area contributed by atoms with Crippen LogP contribution < -0.4 is 10.3 Å². The van der Waals surface area contributed by atoms with Crippen LogP contribution in [0.5, 0.6) is 5.75 Å². The Bertz CT molecular complexity index is 904. The highest BCUT2D eigenvalue weighted by molar-refractivity contribution is 5.66. The van der Waals surface area contributed by atoms with Crippen LogP contribution >= 0.6 is 0 Å². The molecule has 2 heterocycles. The van der Waals surface area contributed by atoms with Crippen molar-refractivity contribution < 1.29 is 4.74 Å². The van der Waals surface area contributed by atoms with E-state index in [0.717, 1.165) is 23.6 Å². The molecule has 1 aliphatic carbocycles. The molecule has 0 amide bonds. The second kappa shape index (κ2) is 6.48. The van der Waals surface area contributed by atoms with Gasteiger partial charge in [0.05, 0.1) is 19.5 Å². The molecule has 1 aromatic carbocycles. The quantitative estimate of drug-likeness (QED) is 0.825. The Balaban J connectivity index is 1.63. The summed E-state index contributed by atoms with van der Waals surface area (Å²) in [5, 5.41) is 4.67. The maximum atomic E-state index is 12.5. The van der Waals surface area contributed by atoms with Crippen molar-refractivity contribution in [2.24, 2.45) is 10.8 Å². The van der Waals surface area contributed by atoms with E-state index in [4.69, 9.17) is 4.74 Å². The second-order valence-corrected chi connectivity index (χ2v) is 9.36. The van der Waals surface area contributed by atoms with Gasteiger partial charge in [-0.25, -0.2) is 4.68 Å². The van der Waals surface area contributed by atoms with Crippen molar-refractivity contribution in [1.29, 1.82) is 0 Å². The summed E-state index contributed by atoms with van der Waals surface area (Å²) in [5.41, 5.74) is 2.32. The highest BCUT2D eigenvalue weighted by Gasteiger charge is 2.49. The highest BCUT2D eigenvalue weighted by Crippen LogP contribution is 2.52. The third-order valence-corrected chi connectivity index (χ3v) is 6.09. The zero-order valence-electron chi connectivity index (χ0n) is 16.7. The van der Waals surface area contributed by atoms with Gasteiger partial charge >= 0.3 is 0 Å². The Morgan fingerprint density at radius 1 is 1.15 bits per heavy atom. The fourth-order valence-corrected chi connectivity index (χ4v) is 5.46. The molecule has 0 N–H and O–H groups in total. The van der Waals surface area contributed by atoms with Crippen LogP contribution in [-0.4, -0.2) is 34.4 Å². The van der Waals surface area contributed by atoms with E-state index in [9.17, 15) is 4.79 Å². The predicted molar refractivity (Wildman–Crippen MR) is 107 cm³/mol. The first-order valence-corrected chi connectivity index (χ1v) is 9.74. The average molecular weight is 367 g/mol. The van der Waals surface area contributed by atoms with Gasteiger partial charge in [-0.3, -0.25) is 9.69 Å². The summed E-state index contributed by atoms with van der Waals surface area (Å²) in [6, 6.07) is 11.7. The van der Waals surface area contributed by atoms with Crippen molar-refractivity contribution in [2.75, 3.05) is 13.7 Å². The summed E-state index contributed by atoms with van der Waals surface area (Å²) in [4.78, 5) is 14.9.